The molecule has 54 heavy (non-hydrogen) atoms. The van der Waals surface area contributed by atoms with Crippen LogP contribution in [0.25, 0.3) is 89.4 Å². The molecule has 0 fully saturated rings. The minimum atomic E-state index is 0.641. The van der Waals surface area contributed by atoms with Crippen molar-refractivity contribution in [1.82, 2.24) is 15.0 Å². The van der Waals surface area contributed by atoms with Crippen LogP contribution in [-0.4, -0.2) is 15.0 Å². The molecular formula is C50H32N4. The summed E-state index contributed by atoms with van der Waals surface area (Å²) >= 11 is 0. The Bertz CT molecular complexity index is 2730. The van der Waals surface area contributed by atoms with Crippen molar-refractivity contribution in [2.24, 2.45) is 0 Å². The molecule has 0 amide bonds. The van der Waals surface area contributed by atoms with Crippen LogP contribution < -0.4 is 0 Å². The van der Waals surface area contributed by atoms with Gasteiger partial charge in [-0.05, 0) is 69.8 Å². The highest BCUT2D eigenvalue weighted by Crippen LogP contribution is 2.35. The summed E-state index contributed by atoms with van der Waals surface area (Å²) in [6.45, 7) is 0. The van der Waals surface area contributed by atoms with Crippen LogP contribution in [0.3, 0.4) is 0 Å². The van der Waals surface area contributed by atoms with Crippen molar-refractivity contribution >= 4 is 11.0 Å². The molecule has 0 unspecified atom stereocenters. The molecule has 9 rings (SSSR count). The van der Waals surface area contributed by atoms with Crippen molar-refractivity contribution < 1.29 is 0 Å². The molecular weight excluding hydrogens is 657 g/mol. The smallest absolute Gasteiger partial charge is 0.0991 e. The molecule has 2 aromatic heterocycles. The quantitative estimate of drug-likeness (QED) is 0.167. The number of fused-ring (bicyclic) bond motifs is 1. The molecule has 0 radical (unpaired) electrons. The third-order valence-corrected chi connectivity index (χ3v) is 9.73. The summed E-state index contributed by atoms with van der Waals surface area (Å²) in [4.78, 5) is 15.3. The third-order valence-electron chi connectivity index (χ3n) is 9.73. The van der Waals surface area contributed by atoms with E-state index in [0.717, 1.165) is 89.4 Å². The van der Waals surface area contributed by atoms with Gasteiger partial charge in [-0.15, -0.1) is 0 Å². The van der Waals surface area contributed by atoms with Crippen LogP contribution in [0.15, 0.2) is 194 Å². The molecule has 0 bridgehead atoms. The number of hydrogen-bond donors (Lipinski definition) is 0. The van der Waals surface area contributed by atoms with E-state index in [0.29, 0.717) is 5.56 Å². The van der Waals surface area contributed by atoms with Gasteiger partial charge in [-0.1, -0.05) is 158 Å². The topological polar surface area (TPSA) is 62.5 Å². The molecule has 2 heterocycles. The molecule has 0 saturated carbocycles. The second-order valence-corrected chi connectivity index (χ2v) is 13.2. The zero-order valence-corrected chi connectivity index (χ0v) is 29.3. The van der Waals surface area contributed by atoms with Gasteiger partial charge in [0, 0.05) is 22.3 Å². The minimum Gasteiger partial charge on any atom is -0.248 e. The van der Waals surface area contributed by atoms with Gasteiger partial charge in [-0.25, -0.2) is 15.0 Å². The monoisotopic (exact) mass is 688 g/mol. The Morgan fingerprint density at radius 1 is 0.296 bits per heavy atom. The van der Waals surface area contributed by atoms with Gasteiger partial charge in [0.25, 0.3) is 0 Å². The van der Waals surface area contributed by atoms with E-state index in [-0.39, 0.29) is 0 Å². The minimum absolute atomic E-state index is 0.641. The van der Waals surface area contributed by atoms with Gasteiger partial charge < -0.3 is 0 Å². The average molecular weight is 689 g/mol. The van der Waals surface area contributed by atoms with Gasteiger partial charge in [0.2, 0.25) is 0 Å². The lowest BCUT2D eigenvalue weighted by Gasteiger charge is -2.13. The Labute approximate surface area is 314 Å². The lowest BCUT2D eigenvalue weighted by Crippen LogP contribution is -1.95. The van der Waals surface area contributed by atoms with Gasteiger partial charge >= 0.3 is 0 Å². The van der Waals surface area contributed by atoms with Gasteiger partial charge in [0.05, 0.1) is 45.4 Å². The fraction of sp³-hybridized carbons (Fsp3) is 0. The Balaban J connectivity index is 1.04. The van der Waals surface area contributed by atoms with Crippen molar-refractivity contribution in [3.05, 3.63) is 200 Å². The number of aromatic nitrogens is 3. The summed E-state index contributed by atoms with van der Waals surface area (Å²) in [5.74, 6) is 0. The molecule has 0 saturated heterocycles. The van der Waals surface area contributed by atoms with E-state index in [1.54, 1.807) is 0 Å². The summed E-state index contributed by atoms with van der Waals surface area (Å²) in [5.41, 5.74) is 16.6. The zero-order chi connectivity index (χ0) is 36.3. The predicted octanol–water partition coefficient (Wildman–Crippen LogP) is 12.6. The first-order valence-corrected chi connectivity index (χ1v) is 17.9. The number of para-hydroxylation sites is 2. The summed E-state index contributed by atoms with van der Waals surface area (Å²) in [6, 6.07) is 68.6. The Kier molecular flexibility index (Phi) is 8.57. The molecule has 0 aliphatic carbocycles. The van der Waals surface area contributed by atoms with Crippen molar-refractivity contribution in [2.45, 2.75) is 0 Å². The number of nitriles is 1. The van der Waals surface area contributed by atoms with Crippen LogP contribution in [0.5, 0.6) is 0 Å². The molecule has 4 heteroatoms. The van der Waals surface area contributed by atoms with Crippen LogP contribution in [0, 0.1) is 11.3 Å². The van der Waals surface area contributed by atoms with E-state index in [1.165, 1.54) is 0 Å². The van der Waals surface area contributed by atoms with Gasteiger partial charge in [-0.2, -0.15) is 5.26 Å². The SMILES string of the molecule is N#Cc1cccc(-c2ccc(-c3nc4ccccc4nc3-c3ccc(-c4ccc(-c5cc(-c6ccccc6)nc(-c6ccccc6)c5)cc4)cc3)cc2)c1. The molecule has 7 aromatic carbocycles. The third kappa shape index (κ3) is 6.54. The van der Waals surface area contributed by atoms with Crippen LogP contribution in [-0.2, 0) is 0 Å². The maximum absolute atomic E-state index is 9.38. The number of benzene rings is 7. The van der Waals surface area contributed by atoms with Gasteiger partial charge in [0.15, 0.2) is 0 Å². The Morgan fingerprint density at radius 3 is 1.15 bits per heavy atom. The van der Waals surface area contributed by atoms with Crippen molar-refractivity contribution in [2.75, 3.05) is 0 Å². The van der Waals surface area contributed by atoms with Crippen LogP contribution >= 0.6 is 0 Å². The molecule has 0 spiro atoms. The maximum Gasteiger partial charge on any atom is 0.0991 e. The molecule has 9 aromatic rings. The van der Waals surface area contributed by atoms with Crippen LogP contribution in [0.1, 0.15) is 5.56 Å². The van der Waals surface area contributed by atoms with Crippen LogP contribution in [0.2, 0.25) is 0 Å². The number of rotatable bonds is 7. The summed E-state index contributed by atoms with van der Waals surface area (Å²) in [5, 5.41) is 9.38. The van der Waals surface area contributed by atoms with E-state index < -0.39 is 0 Å². The molecule has 4 nitrogen and oxygen atoms in total. The van der Waals surface area contributed by atoms with E-state index in [4.69, 9.17) is 15.0 Å². The standard InChI is InChI=1S/C50H32N4/c51-33-34-10-9-15-43(30-34)37-24-28-42(29-25-37)50-49(53-45-16-7-8-17-46(45)54-50)41-26-22-36(23-27-41)35-18-20-38(21-19-35)44-31-47(39-11-3-1-4-12-39)52-48(32-44)40-13-5-2-6-14-40/h1-32H. The molecule has 252 valence electrons. The zero-order valence-electron chi connectivity index (χ0n) is 29.3. The Hall–Kier alpha value is -7.48. The lowest BCUT2D eigenvalue weighted by molar-refractivity contribution is 1.29. The van der Waals surface area contributed by atoms with E-state index in [9.17, 15) is 5.26 Å². The van der Waals surface area contributed by atoms with E-state index in [2.05, 4.69) is 140 Å². The number of pyridine rings is 1. The summed E-state index contributed by atoms with van der Waals surface area (Å²) in [6.07, 6.45) is 0. The number of nitrogens with zero attached hydrogens (tertiary/aromatic N) is 4. The second-order valence-electron chi connectivity index (χ2n) is 13.2. The van der Waals surface area contributed by atoms with Crippen molar-refractivity contribution in [3.63, 3.8) is 0 Å². The fourth-order valence-corrected chi connectivity index (χ4v) is 6.88. The molecule has 0 aliphatic rings. The normalized spacial score (nSPS) is 10.9. The van der Waals surface area contributed by atoms with Crippen molar-refractivity contribution in [1.29, 1.82) is 5.26 Å². The number of hydrogen-bond acceptors (Lipinski definition) is 4. The predicted molar refractivity (Wildman–Crippen MR) is 220 cm³/mol. The maximum atomic E-state index is 9.38. The Morgan fingerprint density at radius 2 is 0.685 bits per heavy atom. The van der Waals surface area contributed by atoms with Gasteiger partial charge in [-0.3, -0.25) is 0 Å². The highest BCUT2D eigenvalue weighted by atomic mass is 14.8. The first-order chi connectivity index (χ1) is 26.7. The molecule has 0 aliphatic heterocycles. The first-order valence-electron chi connectivity index (χ1n) is 17.9. The molecule has 0 atom stereocenters. The van der Waals surface area contributed by atoms with E-state index in [1.807, 2.05) is 60.7 Å². The van der Waals surface area contributed by atoms with Crippen LogP contribution in [0.4, 0.5) is 0 Å². The highest BCUT2D eigenvalue weighted by molar-refractivity contribution is 5.87. The van der Waals surface area contributed by atoms with E-state index >= 15 is 0 Å². The summed E-state index contributed by atoms with van der Waals surface area (Å²) in [7, 11) is 0. The first kappa shape index (κ1) is 32.4. The highest BCUT2D eigenvalue weighted by Gasteiger charge is 2.15. The summed E-state index contributed by atoms with van der Waals surface area (Å²) < 4.78 is 0. The van der Waals surface area contributed by atoms with Gasteiger partial charge in [0.1, 0.15) is 0 Å². The fourth-order valence-electron chi connectivity index (χ4n) is 6.88. The lowest BCUT2D eigenvalue weighted by atomic mass is 9.96. The van der Waals surface area contributed by atoms with Crippen molar-refractivity contribution in [3.8, 4) is 84.5 Å². The average Bonchev–Trinajstić information content (AvgIpc) is 3.26. The second kappa shape index (κ2) is 14.3. The molecule has 0 N–H and O–H groups in total. The largest absolute Gasteiger partial charge is 0.248 e.